The molecule has 1 aromatic carbocycles. The van der Waals surface area contributed by atoms with Crippen LogP contribution in [-0.4, -0.2) is 35.8 Å². The Bertz CT molecular complexity index is 605. The van der Waals surface area contributed by atoms with Gasteiger partial charge in [0.25, 0.3) is 0 Å². The van der Waals surface area contributed by atoms with Crippen LogP contribution in [0.2, 0.25) is 0 Å². The molecule has 2 aliphatic rings. The Morgan fingerprint density at radius 2 is 1.85 bits per heavy atom. The molecule has 142 valence electrons. The summed E-state index contributed by atoms with van der Waals surface area (Å²) < 4.78 is 0. The third-order valence-electron chi connectivity index (χ3n) is 5.86. The molecule has 0 aromatic heterocycles. The van der Waals surface area contributed by atoms with Gasteiger partial charge in [-0.25, -0.2) is 0 Å². The minimum atomic E-state index is -0.151. The zero-order valence-corrected chi connectivity index (χ0v) is 16.0. The van der Waals surface area contributed by atoms with Crippen LogP contribution in [0.15, 0.2) is 24.3 Å². The third kappa shape index (κ3) is 5.09. The van der Waals surface area contributed by atoms with E-state index in [9.17, 15) is 9.59 Å². The second-order valence-corrected chi connectivity index (χ2v) is 7.97. The maximum Gasteiger partial charge on any atom is 0.225 e. The van der Waals surface area contributed by atoms with Gasteiger partial charge < -0.3 is 10.2 Å². The molecule has 1 saturated heterocycles. The highest BCUT2D eigenvalue weighted by molar-refractivity contribution is 5.89. The van der Waals surface area contributed by atoms with Crippen LogP contribution in [-0.2, 0) is 16.0 Å². The smallest absolute Gasteiger partial charge is 0.225 e. The molecular formula is C22H32N2O2. The second-order valence-electron chi connectivity index (χ2n) is 7.97. The van der Waals surface area contributed by atoms with E-state index in [1.165, 1.54) is 30.4 Å². The number of likely N-dealkylation sites (tertiary alicyclic amines) is 1. The molecule has 2 fully saturated rings. The van der Waals surface area contributed by atoms with Crippen molar-refractivity contribution in [2.45, 2.75) is 70.8 Å². The van der Waals surface area contributed by atoms with Crippen molar-refractivity contribution in [2.24, 2.45) is 5.92 Å². The van der Waals surface area contributed by atoms with Crippen LogP contribution in [0.4, 0.5) is 0 Å². The number of rotatable bonds is 7. The third-order valence-corrected chi connectivity index (χ3v) is 5.86. The van der Waals surface area contributed by atoms with Crippen molar-refractivity contribution in [3.8, 4) is 0 Å². The molecule has 1 aliphatic heterocycles. The SMILES string of the molecule is Cc1ccc(CCCCNC(=O)C2CC(=O)N(C3CCCCC3)C2)cc1. The first kappa shape index (κ1) is 18.9. The van der Waals surface area contributed by atoms with E-state index in [1.807, 2.05) is 4.90 Å². The number of hydrogen-bond acceptors (Lipinski definition) is 2. The highest BCUT2D eigenvalue weighted by Gasteiger charge is 2.37. The quantitative estimate of drug-likeness (QED) is 0.759. The zero-order chi connectivity index (χ0) is 18.4. The van der Waals surface area contributed by atoms with Crippen LogP contribution in [0.1, 0.15) is 62.5 Å². The number of carbonyl (C=O) groups excluding carboxylic acids is 2. The van der Waals surface area contributed by atoms with Gasteiger partial charge in [0.1, 0.15) is 0 Å². The summed E-state index contributed by atoms with van der Waals surface area (Å²) in [4.78, 5) is 26.7. The Balaban J connectivity index is 1.34. The first-order valence-electron chi connectivity index (χ1n) is 10.3. The summed E-state index contributed by atoms with van der Waals surface area (Å²) >= 11 is 0. The Morgan fingerprint density at radius 3 is 2.58 bits per heavy atom. The number of hydrogen-bond donors (Lipinski definition) is 1. The first-order chi connectivity index (χ1) is 12.6. The monoisotopic (exact) mass is 356 g/mol. The van der Waals surface area contributed by atoms with Crippen LogP contribution in [0.5, 0.6) is 0 Å². The summed E-state index contributed by atoms with van der Waals surface area (Å²) in [6, 6.07) is 9.03. The molecule has 4 heteroatoms. The zero-order valence-electron chi connectivity index (χ0n) is 16.0. The Labute approximate surface area is 157 Å². The second kappa shape index (κ2) is 9.20. The van der Waals surface area contributed by atoms with E-state index in [2.05, 4.69) is 36.5 Å². The topological polar surface area (TPSA) is 49.4 Å². The molecule has 0 bridgehead atoms. The van der Waals surface area contributed by atoms with Crippen molar-refractivity contribution < 1.29 is 9.59 Å². The van der Waals surface area contributed by atoms with Crippen LogP contribution in [0, 0.1) is 12.8 Å². The lowest BCUT2D eigenvalue weighted by Crippen LogP contribution is -2.39. The average Bonchev–Trinajstić information content (AvgIpc) is 3.05. The number of aryl methyl sites for hydroxylation is 2. The molecule has 3 rings (SSSR count). The summed E-state index contributed by atoms with van der Waals surface area (Å²) in [6.45, 7) is 3.43. The Hall–Kier alpha value is -1.84. The van der Waals surface area contributed by atoms with Gasteiger partial charge in [0.2, 0.25) is 11.8 Å². The van der Waals surface area contributed by atoms with E-state index < -0.39 is 0 Å². The summed E-state index contributed by atoms with van der Waals surface area (Å²) in [5.41, 5.74) is 2.64. The number of unbranched alkanes of at least 4 members (excludes halogenated alkanes) is 1. The van der Waals surface area contributed by atoms with Gasteiger partial charge in [-0.15, -0.1) is 0 Å². The van der Waals surface area contributed by atoms with E-state index in [0.717, 1.165) is 32.1 Å². The van der Waals surface area contributed by atoms with Crippen molar-refractivity contribution >= 4 is 11.8 Å². The van der Waals surface area contributed by atoms with Gasteiger partial charge in [0.15, 0.2) is 0 Å². The molecule has 1 N–H and O–H groups in total. The molecule has 0 spiro atoms. The van der Waals surface area contributed by atoms with Crippen molar-refractivity contribution in [1.82, 2.24) is 10.2 Å². The van der Waals surface area contributed by atoms with Gasteiger partial charge >= 0.3 is 0 Å². The Kier molecular flexibility index (Phi) is 6.70. The molecule has 1 atom stereocenters. The fourth-order valence-electron chi connectivity index (χ4n) is 4.22. The maximum absolute atomic E-state index is 12.4. The van der Waals surface area contributed by atoms with Crippen LogP contribution >= 0.6 is 0 Å². The lowest BCUT2D eigenvalue weighted by atomic mass is 9.94. The summed E-state index contributed by atoms with van der Waals surface area (Å²) in [5.74, 6) is 0.0879. The molecule has 1 unspecified atom stereocenters. The van der Waals surface area contributed by atoms with Gasteiger partial charge in [0, 0.05) is 25.6 Å². The van der Waals surface area contributed by atoms with Crippen molar-refractivity contribution in [1.29, 1.82) is 0 Å². The van der Waals surface area contributed by atoms with Crippen LogP contribution in [0.3, 0.4) is 0 Å². The van der Waals surface area contributed by atoms with Crippen LogP contribution < -0.4 is 5.32 Å². The van der Waals surface area contributed by atoms with Gasteiger partial charge in [-0.1, -0.05) is 49.1 Å². The fourth-order valence-corrected chi connectivity index (χ4v) is 4.22. The number of nitrogens with zero attached hydrogens (tertiary/aromatic N) is 1. The molecule has 0 radical (unpaired) electrons. The number of nitrogens with one attached hydrogen (secondary N) is 1. The maximum atomic E-state index is 12.4. The number of carbonyl (C=O) groups is 2. The predicted octanol–water partition coefficient (Wildman–Crippen LogP) is 3.62. The van der Waals surface area contributed by atoms with Crippen LogP contribution in [0.25, 0.3) is 0 Å². The summed E-state index contributed by atoms with van der Waals surface area (Å²) in [7, 11) is 0. The van der Waals surface area contributed by atoms with E-state index in [1.54, 1.807) is 0 Å². The predicted molar refractivity (Wildman–Crippen MR) is 104 cm³/mol. The molecule has 1 heterocycles. The van der Waals surface area contributed by atoms with Gasteiger partial charge in [-0.2, -0.15) is 0 Å². The number of amides is 2. The molecule has 4 nitrogen and oxygen atoms in total. The first-order valence-corrected chi connectivity index (χ1v) is 10.3. The van der Waals surface area contributed by atoms with E-state index in [-0.39, 0.29) is 17.7 Å². The van der Waals surface area contributed by atoms with E-state index in [4.69, 9.17) is 0 Å². The van der Waals surface area contributed by atoms with Gasteiger partial charge in [-0.05, 0) is 44.6 Å². The summed E-state index contributed by atoms with van der Waals surface area (Å²) in [5, 5.41) is 3.05. The summed E-state index contributed by atoms with van der Waals surface area (Å²) in [6.07, 6.45) is 9.43. The largest absolute Gasteiger partial charge is 0.356 e. The van der Waals surface area contributed by atoms with Gasteiger partial charge in [-0.3, -0.25) is 9.59 Å². The fraction of sp³-hybridized carbons (Fsp3) is 0.636. The average molecular weight is 357 g/mol. The van der Waals surface area contributed by atoms with Crippen molar-refractivity contribution in [2.75, 3.05) is 13.1 Å². The molecule has 1 saturated carbocycles. The van der Waals surface area contributed by atoms with E-state index in [0.29, 0.717) is 25.6 Å². The van der Waals surface area contributed by atoms with E-state index >= 15 is 0 Å². The lowest BCUT2D eigenvalue weighted by molar-refractivity contribution is -0.130. The minimum Gasteiger partial charge on any atom is -0.356 e. The van der Waals surface area contributed by atoms with Gasteiger partial charge in [0.05, 0.1) is 5.92 Å². The lowest BCUT2D eigenvalue weighted by Gasteiger charge is -2.31. The minimum absolute atomic E-state index is 0.0620. The standard InChI is InChI=1S/C22H32N2O2/c1-17-10-12-18(13-11-17)7-5-6-14-23-22(26)19-15-21(25)24(16-19)20-8-3-2-4-9-20/h10-13,19-20H,2-9,14-16H2,1H3,(H,23,26). The normalized spacial score (nSPS) is 21.2. The number of benzene rings is 1. The molecular weight excluding hydrogens is 324 g/mol. The molecule has 1 aromatic rings. The Morgan fingerprint density at radius 1 is 1.12 bits per heavy atom. The molecule has 26 heavy (non-hydrogen) atoms. The van der Waals surface area contributed by atoms with Crippen molar-refractivity contribution in [3.05, 3.63) is 35.4 Å². The van der Waals surface area contributed by atoms with Crippen molar-refractivity contribution in [3.63, 3.8) is 0 Å². The highest BCUT2D eigenvalue weighted by Crippen LogP contribution is 2.28. The molecule has 1 aliphatic carbocycles. The molecule has 2 amide bonds. The highest BCUT2D eigenvalue weighted by atomic mass is 16.2.